The zero-order valence-electron chi connectivity index (χ0n) is 10.4. The molecule has 0 aliphatic carbocycles. The van der Waals surface area contributed by atoms with Gasteiger partial charge >= 0.3 is 0 Å². The average molecular weight is 331 g/mol. The van der Waals surface area contributed by atoms with Crippen LogP contribution in [0.2, 0.25) is 4.34 Å². The topological polar surface area (TPSA) is 57.7 Å². The molecule has 20 heavy (non-hydrogen) atoms. The molecule has 0 radical (unpaired) electrons. The van der Waals surface area contributed by atoms with Gasteiger partial charge < -0.3 is 4.90 Å². The average Bonchev–Trinajstić information content (AvgIpc) is 3.10. The van der Waals surface area contributed by atoms with Gasteiger partial charge in [-0.25, -0.2) is 0 Å². The summed E-state index contributed by atoms with van der Waals surface area (Å²) in [5.74, 6) is -0.0290. The number of halogens is 1. The summed E-state index contributed by atoms with van der Waals surface area (Å²) in [6, 6.07) is 3.20. The van der Waals surface area contributed by atoms with Crippen molar-refractivity contribution >= 4 is 51.8 Å². The van der Waals surface area contributed by atoms with Crippen LogP contribution in [0.5, 0.6) is 0 Å². The van der Waals surface area contributed by atoms with Gasteiger partial charge in [0.25, 0.3) is 11.1 Å². The van der Waals surface area contributed by atoms with Crippen LogP contribution < -0.4 is 0 Å². The lowest BCUT2D eigenvalue weighted by molar-refractivity contribution is -0.126. The Bertz CT molecular complexity index is 573. The number of amides is 3. The van der Waals surface area contributed by atoms with E-state index in [0.717, 1.165) is 11.8 Å². The second kappa shape index (κ2) is 5.38. The van der Waals surface area contributed by atoms with Gasteiger partial charge in [0, 0.05) is 13.1 Å². The quantitative estimate of drug-likeness (QED) is 0.835. The number of hydrogen-bond acceptors (Lipinski definition) is 5. The van der Waals surface area contributed by atoms with Gasteiger partial charge in [0.1, 0.15) is 0 Å². The van der Waals surface area contributed by atoms with E-state index in [1.54, 1.807) is 17.0 Å². The smallest absolute Gasteiger partial charge is 0.289 e. The minimum atomic E-state index is -0.200. The van der Waals surface area contributed by atoms with Gasteiger partial charge in [0.2, 0.25) is 5.91 Å². The number of thiophene rings is 1. The minimum Gasteiger partial charge on any atom is -0.336 e. The molecule has 1 atom stereocenters. The van der Waals surface area contributed by atoms with Crippen molar-refractivity contribution in [3.63, 3.8) is 0 Å². The van der Waals surface area contributed by atoms with Crippen LogP contribution in [-0.2, 0) is 4.79 Å². The minimum absolute atomic E-state index is 0.0869. The van der Waals surface area contributed by atoms with Gasteiger partial charge in [0.15, 0.2) is 0 Å². The Hall–Kier alpha value is -1.05. The van der Waals surface area contributed by atoms with Crippen molar-refractivity contribution in [2.45, 2.75) is 12.5 Å². The van der Waals surface area contributed by atoms with Crippen molar-refractivity contribution < 1.29 is 14.4 Å². The van der Waals surface area contributed by atoms with Gasteiger partial charge in [-0.3, -0.25) is 19.3 Å². The Morgan fingerprint density at radius 1 is 1.35 bits per heavy atom. The molecule has 3 amide bonds. The first kappa shape index (κ1) is 13.9. The van der Waals surface area contributed by atoms with Crippen molar-refractivity contribution in [2.24, 2.45) is 0 Å². The summed E-state index contributed by atoms with van der Waals surface area (Å²) < 4.78 is 0.574. The molecular formula is C12H11ClN2O3S2. The van der Waals surface area contributed by atoms with Gasteiger partial charge in [-0.2, -0.15) is 0 Å². The van der Waals surface area contributed by atoms with E-state index >= 15 is 0 Å². The maximum absolute atomic E-state index is 12.3. The van der Waals surface area contributed by atoms with Crippen LogP contribution in [0.25, 0.3) is 0 Å². The monoisotopic (exact) mass is 330 g/mol. The van der Waals surface area contributed by atoms with E-state index in [2.05, 4.69) is 0 Å². The van der Waals surface area contributed by atoms with Crippen molar-refractivity contribution in [3.8, 4) is 0 Å². The first-order valence-electron chi connectivity index (χ1n) is 6.09. The molecular weight excluding hydrogens is 320 g/mol. The van der Waals surface area contributed by atoms with E-state index in [0.29, 0.717) is 28.7 Å². The molecule has 2 aliphatic rings. The third-order valence-electron chi connectivity index (χ3n) is 3.38. The highest BCUT2D eigenvalue weighted by atomic mass is 35.5. The largest absolute Gasteiger partial charge is 0.336 e. The lowest BCUT2D eigenvalue weighted by atomic mass is 10.2. The summed E-state index contributed by atoms with van der Waals surface area (Å²) in [5.41, 5.74) is 0. The molecule has 1 aromatic heterocycles. The van der Waals surface area contributed by atoms with Crippen molar-refractivity contribution in [3.05, 3.63) is 21.3 Å². The van der Waals surface area contributed by atoms with Gasteiger partial charge in [-0.1, -0.05) is 23.4 Å². The fourth-order valence-corrected chi connectivity index (χ4v) is 4.23. The third-order valence-corrected chi connectivity index (χ3v) is 5.44. The summed E-state index contributed by atoms with van der Waals surface area (Å²) in [5, 5.41) is -0.200. The molecule has 3 rings (SSSR count). The predicted molar refractivity (Wildman–Crippen MR) is 78.3 cm³/mol. The second-order valence-corrected chi connectivity index (χ2v) is 7.26. The number of nitrogens with zero attached hydrogens (tertiary/aromatic N) is 2. The maximum Gasteiger partial charge on any atom is 0.289 e. The van der Waals surface area contributed by atoms with Crippen LogP contribution in [-0.4, -0.2) is 51.7 Å². The van der Waals surface area contributed by atoms with Crippen molar-refractivity contribution in [1.82, 2.24) is 9.80 Å². The van der Waals surface area contributed by atoms with Crippen LogP contribution >= 0.6 is 34.7 Å². The van der Waals surface area contributed by atoms with Gasteiger partial charge in [-0.05, 0) is 18.6 Å². The zero-order chi connectivity index (χ0) is 14.3. The Kier molecular flexibility index (Phi) is 3.74. The predicted octanol–water partition coefficient (Wildman–Crippen LogP) is 2.31. The molecule has 8 heteroatoms. The Labute approximate surface area is 128 Å². The zero-order valence-corrected chi connectivity index (χ0v) is 12.8. The van der Waals surface area contributed by atoms with E-state index in [1.807, 2.05) is 0 Å². The molecule has 0 aromatic carbocycles. The molecule has 1 unspecified atom stereocenters. The lowest BCUT2D eigenvalue weighted by Crippen LogP contribution is -2.41. The fraction of sp³-hybridized carbons (Fsp3) is 0.417. The number of imide groups is 1. The number of rotatable bonds is 2. The first-order chi connectivity index (χ1) is 9.56. The Balaban J connectivity index is 1.69. The highest BCUT2D eigenvalue weighted by molar-refractivity contribution is 8.14. The van der Waals surface area contributed by atoms with Crippen molar-refractivity contribution in [1.29, 1.82) is 0 Å². The van der Waals surface area contributed by atoms with Crippen molar-refractivity contribution in [2.75, 3.05) is 18.8 Å². The van der Waals surface area contributed by atoms with Crippen LogP contribution in [0.4, 0.5) is 4.79 Å². The van der Waals surface area contributed by atoms with Gasteiger partial charge in [0.05, 0.1) is 21.0 Å². The van der Waals surface area contributed by atoms with E-state index in [4.69, 9.17) is 11.6 Å². The number of thioether (sulfide) groups is 1. The third kappa shape index (κ3) is 2.45. The summed E-state index contributed by atoms with van der Waals surface area (Å²) in [7, 11) is 0. The van der Waals surface area contributed by atoms with Crippen LogP contribution in [0.3, 0.4) is 0 Å². The number of hydrogen-bond donors (Lipinski definition) is 0. The summed E-state index contributed by atoms with van der Waals surface area (Å²) in [6.45, 7) is 0.965. The molecule has 2 saturated heterocycles. The number of carbonyl (C=O) groups is 3. The molecule has 2 fully saturated rings. The van der Waals surface area contributed by atoms with E-state index in [1.165, 1.54) is 16.2 Å². The molecule has 0 saturated carbocycles. The highest BCUT2D eigenvalue weighted by Crippen LogP contribution is 2.28. The maximum atomic E-state index is 12.3. The molecule has 2 aliphatic heterocycles. The highest BCUT2D eigenvalue weighted by Gasteiger charge is 2.40. The standard InChI is InChI=1S/C12H11ClN2O3S2/c13-9-2-1-8(20-9)11(17)14-4-3-7(5-14)15-10(16)6-19-12(15)18/h1-2,7H,3-6H2. The lowest BCUT2D eigenvalue weighted by Gasteiger charge is -2.21. The molecule has 0 bridgehead atoms. The number of likely N-dealkylation sites (tertiary alicyclic amines) is 1. The molecule has 5 nitrogen and oxygen atoms in total. The van der Waals surface area contributed by atoms with Gasteiger partial charge in [-0.15, -0.1) is 11.3 Å². The van der Waals surface area contributed by atoms with E-state index < -0.39 is 0 Å². The Morgan fingerprint density at radius 2 is 2.15 bits per heavy atom. The van der Waals surface area contributed by atoms with Crippen LogP contribution in [0.1, 0.15) is 16.1 Å². The van der Waals surface area contributed by atoms with E-state index in [9.17, 15) is 14.4 Å². The van der Waals surface area contributed by atoms with E-state index in [-0.39, 0.29) is 28.8 Å². The first-order valence-corrected chi connectivity index (χ1v) is 8.27. The Morgan fingerprint density at radius 3 is 2.75 bits per heavy atom. The molecule has 0 spiro atoms. The van der Waals surface area contributed by atoms with Crippen LogP contribution in [0, 0.1) is 0 Å². The molecule has 106 valence electrons. The van der Waals surface area contributed by atoms with Crippen LogP contribution in [0.15, 0.2) is 12.1 Å². The number of carbonyl (C=O) groups excluding carboxylic acids is 3. The SMILES string of the molecule is O=C(c1ccc(Cl)s1)N1CCC(N2C(=O)CSC2=O)C1. The molecule has 3 heterocycles. The normalized spacial score (nSPS) is 22.9. The fourth-order valence-electron chi connectivity index (χ4n) is 2.44. The molecule has 0 N–H and O–H groups in total. The summed E-state index contributed by atoms with van der Waals surface area (Å²) in [6.07, 6.45) is 0.642. The molecule has 1 aromatic rings. The second-order valence-electron chi connectivity index (χ2n) is 4.62. The summed E-state index contributed by atoms with van der Waals surface area (Å²) in [4.78, 5) is 39.2. The summed E-state index contributed by atoms with van der Waals surface area (Å²) >= 11 is 8.10.